The molecule has 0 unspecified atom stereocenters. The average molecular weight is 385 g/mol. The normalized spacial score (nSPS) is 16.3. The Morgan fingerprint density at radius 1 is 1.08 bits per heavy atom. The smallest absolute Gasteiger partial charge is 0.319 e. The molecule has 0 amide bonds. The zero-order valence-electron chi connectivity index (χ0n) is 13.6. The zero-order valence-corrected chi connectivity index (χ0v) is 15.3. The summed E-state index contributed by atoms with van der Waals surface area (Å²) in [6.45, 7) is 0.484. The zero-order chi connectivity index (χ0) is 17.8. The maximum Gasteiger partial charge on any atom is 0.319 e. The number of cyclic esters (lactones) is 1. The molecule has 1 aromatic heterocycles. The number of carbonyl (C=O) groups is 1. The maximum absolute atomic E-state index is 11.5. The third-order valence-corrected chi connectivity index (χ3v) is 5.79. The van der Waals surface area contributed by atoms with E-state index in [1.807, 2.05) is 54.6 Å². The SMILES string of the molecule is O=C1OCC[C@@H]1Sc1nnc(Nc2ccc(Oc3ccccc3)cc2)s1. The van der Waals surface area contributed by atoms with Crippen molar-refractivity contribution in [3.8, 4) is 11.5 Å². The van der Waals surface area contributed by atoms with E-state index in [1.54, 1.807) is 0 Å². The van der Waals surface area contributed by atoms with E-state index in [4.69, 9.17) is 9.47 Å². The number of hydrogen-bond acceptors (Lipinski definition) is 8. The number of para-hydroxylation sites is 1. The van der Waals surface area contributed by atoms with Crippen molar-refractivity contribution in [1.82, 2.24) is 10.2 Å². The third-order valence-electron chi connectivity index (χ3n) is 3.62. The van der Waals surface area contributed by atoms with Crippen LogP contribution in [0.1, 0.15) is 6.42 Å². The number of esters is 1. The molecule has 6 nitrogen and oxygen atoms in total. The minimum absolute atomic E-state index is 0.172. The second-order valence-electron chi connectivity index (χ2n) is 5.50. The Kier molecular flexibility index (Phi) is 5.03. The van der Waals surface area contributed by atoms with Gasteiger partial charge < -0.3 is 14.8 Å². The predicted octanol–water partition coefficient (Wildman–Crippen LogP) is 4.48. The van der Waals surface area contributed by atoms with E-state index < -0.39 is 0 Å². The topological polar surface area (TPSA) is 73.3 Å². The summed E-state index contributed by atoms with van der Waals surface area (Å²) in [5.41, 5.74) is 0.887. The predicted molar refractivity (Wildman–Crippen MR) is 101 cm³/mol. The van der Waals surface area contributed by atoms with Crippen molar-refractivity contribution in [2.24, 2.45) is 0 Å². The summed E-state index contributed by atoms with van der Waals surface area (Å²) >= 11 is 2.82. The van der Waals surface area contributed by atoms with Crippen LogP contribution in [0.2, 0.25) is 0 Å². The van der Waals surface area contributed by atoms with Crippen molar-refractivity contribution >= 4 is 39.9 Å². The van der Waals surface area contributed by atoms with Crippen LogP contribution in [0.5, 0.6) is 11.5 Å². The Bertz CT molecular complexity index is 884. The Hall–Kier alpha value is -2.58. The Morgan fingerprint density at radius 3 is 2.58 bits per heavy atom. The van der Waals surface area contributed by atoms with E-state index in [0.29, 0.717) is 18.2 Å². The first-order valence-electron chi connectivity index (χ1n) is 8.03. The van der Waals surface area contributed by atoms with Crippen LogP contribution in [-0.2, 0) is 9.53 Å². The highest BCUT2D eigenvalue weighted by Gasteiger charge is 2.28. The van der Waals surface area contributed by atoms with Crippen LogP contribution in [0.25, 0.3) is 0 Å². The first-order valence-corrected chi connectivity index (χ1v) is 9.73. The van der Waals surface area contributed by atoms with Gasteiger partial charge in [0.15, 0.2) is 4.34 Å². The molecule has 0 saturated carbocycles. The lowest BCUT2D eigenvalue weighted by Gasteiger charge is -2.07. The van der Waals surface area contributed by atoms with E-state index in [1.165, 1.54) is 23.1 Å². The second-order valence-corrected chi connectivity index (χ2v) is 7.93. The molecule has 1 aliphatic rings. The molecule has 132 valence electrons. The fraction of sp³-hybridized carbons (Fsp3) is 0.167. The summed E-state index contributed by atoms with van der Waals surface area (Å²) in [6, 6.07) is 17.2. The summed E-state index contributed by atoms with van der Waals surface area (Å²) in [4.78, 5) is 11.5. The molecule has 1 saturated heterocycles. The number of nitrogens with one attached hydrogen (secondary N) is 1. The average Bonchev–Trinajstić information content (AvgIpc) is 3.27. The highest BCUT2D eigenvalue weighted by atomic mass is 32.2. The number of thioether (sulfide) groups is 1. The highest BCUT2D eigenvalue weighted by molar-refractivity contribution is 8.02. The third kappa shape index (κ3) is 4.14. The molecular formula is C18H15N3O3S2. The Balaban J connectivity index is 1.36. The van der Waals surface area contributed by atoms with Gasteiger partial charge in [0, 0.05) is 12.1 Å². The number of carbonyl (C=O) groups excluding carboxylic acids is 1. The molecule has 0 aliphatic carbocycles. The van der Waals surface area contributed by atoms with Gasteiger partial charge >= 0.3 is 5.97 Å². The van der Waals surface area contributed by atoms with Crippen molar-refractivity contribution in [2.45, 2.75) is 16.0 Å². The number of anilines is 2. The van der Waals surface area contributed by atoms with Gasteiger partial charge in [-0.3, -0.25) is 4.79 Å². The molecule has 0 spiro atoms. The number of hydrogen-bond donors (Lipinski definition) is 1. The van der Waals surface area contributed by atoms with Crippen LogP contribution in [0.4, 0.5) is 10.8 Å². The molecule has 2 heterocycles. The van der Waals surface area contributed by atoms with Crippen molar-refractivity contribution in [1.29, 1.82) is 0 Å². The fourth-order valence-corrected chi connectivity index (χ4v) is 4.35. The van der Waals surface area contributed by atoms with Gasteiger partial charge in [-0.05, 0) is 36.4 Å². The number of rotatable bonds is 6. The number of nitrogens with zero attached hydrogens (tertiary/aromatic N) is 2. The molecule has 8 heteroatoms. The van der Waals surface area contributed by atoms with E-state index in [9.17, 15) is 4.79 Å². The lowest BCUT2D eigenvalue weighted by Crippen LogP contribution is -2.08. The van der Waals surface area contributed by atoms with Crippen molar-refractivity contribution < 1.29 is 14.3 Å². The minimum atomic E-state index is -0.176. The molecule has 0 radical (unpaired) electrons. The Labute approximate surface area is 158 Å². The van der Waals surface area contributed by atoms with E-state index in [-0.39, 0.29) is 11.2 Å². The molecule has 4 rings (SSSR count). The number of ether oxygens (including phenoxy) is 2. The highest BCUT2D eigenvalue weighted by Crippen LogP contribution is 2.34. The van der Waals surface area contributed by atoms with Crippen molar-refractivity contribution in [3.05, 3.63) is 54.6 Å². The molecule has 2 aromatic carbocycles. The first-order chi connectivity index (χ1) is 12.8. The number of benzene rings is 2. The van der Waals surface area contributed by atoms with E-state index in [2.05, 4.69) is 15.5 Å². The van der Waals surface area contributed by atoms with Crippen LogP contribution in [0, 0.1) is 0 Å². The van der Waals surface area contributed by atoms with Crippen molar-refractivity contribution in [3.63, 3.8) is 0 Å². The number of aromatic nitrogens is 2. The minimum Gasteiger partial charge on any atom is -0.465 e. The van der Waals surface area contributed by atoms with Gasteiger partial charge in [-0.2, -0.15) is 0 Å². The van der Waals surface area contributed by atoms with Crippen LogP contribution < -0.4 is 10.1 Å². The summed E-state index contributed by atoms with van der Waals surface area (Å²) in [7, 11) is 0. The standard InChI is InChI=1S/C18H15N3O3S2/c22-16-15(10-11-23-16)25-18-21-20-17(26-18)19-12-6-8-14(9-7-12)24-13-4-2-1-3-5-13/h1-9,15H,10-11H2,(H,19,20)/t15-/m0/s1. The summed E-state index contributed by atoms with van der Waals surface area (Å²) in [5.74, 6) is 1.38. The van der Waals surface area contributed by atoms with E-state index in [0.717, 1.165) is 21.5 Å². The quantitative estimate of drug-likeness (QED) is 0.627. The molecule has 0 bridgehead atoms. The molecule has 3 aromatic rings. The molecule has 26 heavy (non-hydrogen) atoms. The van der Waals surface area contributed by atoms with Gasteiger partial charge in [0.05, 0.1) is 6.61 Å². The van der Waals surface area contributed by atoms with Crippen LogP contribution in [-0.4, -0.2) is 28.0 Å². The van der Waals surface area contributed by atoms with Gasteiger partial charge in [0.25, 0.3) is 0 Å². The largest absolute Gasteiger partial charge is 0.465 e. The van der Waals surface area contributed by atoms with Gasteiger partial charge in [0.2, 0.25) is 5.13 Å². The lowest BCUT2D eigenvalue weighted by atomic mass is 10.3. The van der Waals surface area contributed by atoms with Gasteiger partial charge in [-0.15, -0.1) is 10.2 Å². The monoisotopic (exact) mass is 385 g/mol. The molecule has 1 N–H and O–H groups in total. The van der Waals surface area contributed by atoms with Gasteiger partial charge in [-0.25, -0.2) is 0 Å². The Morgan fingerprint density at radius 2 is 1.85 bits per heavy atom. The lowest BCUT2D eigenvalue weighted by molar-refractivity contribution is -0.137. The summed E-state index contributed by atoms with van der Waals surface area (Å²) in [5, 5.41) is 12.0. The molecule has 1 aliphatic heterocycles. The maximum atomic E-state index is 11.5. The van der Waals surface area contributed by atoms with Crippen LogP contribution >= 0.6 is 23.1 Å². The van der Waals surface area contributed by atoms with E-state index >= 15 is 0 Å². The fourth-order valence-electron chi connectivity index (χ4n) is 2.37. The summed E-state index contributed by atoms with van der Waals surface area (Å²) < 4.78 is 11.5. The van der Waals surface area contributed by atoms with Gasteiger partial charge in [0.1, 0.15) is 16.7 Å². The molecular weight excluding hydrogens is 370 g/mol. The van der Waals surface area contributed by atoms with Gasteiger partial charge in [-0.1, -0.05) is 41.3 Å². The first kappa shape index (κ1) is 16.9. The van der Waals surface area contributed by atoms with Crippen molar-refractivity contribution in [2.75, 3.05) is 11.9 Å². The summed E-state index contributed by atoms with van der Waals surface area (Å²) in [6.07, 6.45) is 0.717. The van der Waals surface area contributed by atoms with Crippen LogP contribution in [0.3, 0.4) is 0 Å². The van der Waals surface area contributed by atoms with Crippen LogP contribution in [0.15, 0.2) is 58.9 Å². The molecule has 1 atom stereocenters. The second kappa shape index (κ2) is 7.76. The molecule has 1 fully saturated rings.